The van der Waals surface area contributed by atoms with Crippen LogP contribution in [0, 0.1) is 16.7 Å². The first-order chi connectivity index (χ1) is 6.93. The standard InChI is InChI=1S/C12H22N2O/c1-11(2,3)7-14-10(15)9-6-12(9)4-5-13-8-12/h9,13H,4-8H2,1-3H3,(H,14,15). The Labute approximate surface area is 92.0 Å². The largest absolute Gasteiger partial charge is 0.355 e. The zero-order valence-corrected chi connectivity index (χ0v) is 10.0. The van der Waals surface area contributed by atoms with E-state index in [0.717, 1.165) is 26.1 Å². The predicted molar refractivity (Wildman–Crippen MR) is 60.5 cm³/mol. The molecule has 1 aliphatic carbocycles. The van der Waals surface area contributed by atoms with Crippen LogP contribution in [0.2, 0.25) is 0 Å². The number of nitrogens with one attached hydrogen (secondary N) is 2. The quantitative estimate of drug-likeness (QED) is 0.718. The minimum absolute atomic E-state index is 0.186. The lowest BCUT2D eigenvalue weighted by atomic mass is 9.96. The van der Waals surface area contributed by atoms with Crippen molar-refractivity contribution in [3.63, 3.8) is 0 Å². The van der Waals surface area contributed by atoms with E-state index in [0.29, 0.717) is 5.41 Å². The second-order valence-electron chi connectivity index (χ2n) is 6.32. The second-order valence-corrected chi connectivity index (χ2v) is 6.32. The van der Waals surface area contributed by atoms with E-state index >= 15 is 0 Å². The normalized spacial score (nSPS) is 34.5. The summed E-state index contributed by atoms with van der Waals surface area (Å²) in [5, 5.41) is 6.42. The monoisotopic (exact) mass is 210 g/mol. The summed E-state index contributed by atoms with van der Waals surface area (Å²) in [5.41, 5.74) is 0.521. The molecular weight excluding hydrogens is 188 g/mol. The van der Waals surface area contributed by atoms with Crippen molar-refractivity contribution >= 4 is 5.91 Å². The van der Waals surface area contributed by atoms with Crippen molar-refractivity contribution in [2.24, 2.45) is 16.7 Å². The van der Waals surface area contributed by atoms with Gasteiger partial charge in [0.25, 0.3) is 0 Å². The first-order valence-corrected chi connectivity index (χ1v) is 5.91. The maximum Gasteiger partial charge on any atom is 0.223 e. The van der Waals surface area contributed by atoms with Gasteiger partial charge in [0.2, 0.25) is 5.91 Å². The average Bonchev–Trinajstić information content (AvgIpc) is 2.59. The number of amides is 1. The molecule has 1 heterocycles. The molecule has 1 aliphatic heterocycles. The van der Waals surface area contributed by atoms with Crippen molar-refractivity contribution in [3.05, 3.63) is 0 Å². The van der Waals surface area contributed by atoms with Crippen molar-refractivity contribution in [1.82, 2.24) is 10.6 Å². The maximum atomic E-state index is 11.9. The van der Waals surface area contributed by atoms with Crippen molar-refractivity contribution < 1.29 is 4.79 Å². The van der Waals surface area contributed by atoms with E-state index in [1.165, 1.54) is 6.42 Å². The highest BCUT2D eigenvalue weighted by Crippen LogP contribution is 2.56. The number of carbonyl (C=O) groups is 1. The number of carbonyl (C=O) groups excluding carboxylic acids is 1. The van der Waals surface area contributed by atoms with E-state index in [2.05, 4.69) is 31.4 Å². The Kier molecular flexibility index (Phi) is 2.53. The van der Waals surface area contributed by atoms with Crippen LogP contribution in [0.25, 0.3) is 0 Å². The van der Waals surface area contributed by atoms with Crippen molar-refractivity contribution in [3.8, 4) is 0 Å². The summed E-state index contributed by atoms with van der Waals surface area (Å²) in [7, 11) is 0. The summed E-state index contributed by atoms with van der Waals surface area (Å²) >= 11 is 0. The summed E-state index contributed by atoms with van der Waals surface area (Å²) in [6, 6.07) is 0. The first-order valence-electron chi connectivity index (χ1n) is 5.91. The molecule has 0 aromatic heterocycles. The summed E-state index contributed by atoms with van der Waals surface area (Å²) in [6.07, 6.45) is 2.27. The Bertz CT molecular complexity index is 261. The van der Waals surface area contributed by atoms with E-state index in [4.69, 9.17) is 0 Å². The van der Waals surface area contributed by atoms with Gasteiger partial charge in [0.05, 0.1) is 0 Å². The van der Waals surface area contributed by atoms with Gasteiger partial charge in [0.15, 0.2) is 0 Å². The molecule has 1 amide bonds. The Hall–Kier alpha value is -0.570. The lowest BCUT2D eigenvalue weighted by molar-refractivity contribution is -0.123. The molecule has 2 fully saturated rings. The Morgan fingerprint density at radius 1 is 1.53 bits per heavy atom. The van der Waals surface area contributed by atoms with Gasteiger partial charge in [0.1, 0.15) is 0 Å². The molecule has 1 saturated heterocycles. The molecule has 2 N–H and O–H groups in total. The number of hydrogen-bond donors (Lipinski definition) is 2. The van der Waals surface area contributed by atoms with Gasteiger partial charge in [-0.05, 0) is 30.2 Å². The summed E-state index contributed by atoms with van der Waals surface area (Å²) in [5.74, 6) is 0.559. The van der Waals surface area contributed by atoms with Gasteiger partial charge in [-0.3, -0.25) is 4.79 Å². The molecule has 0 aromatic rings. The van der Waals surface area contributed by atoms with Gasteiger partial charge in [-0.15, -0.1) is 0 Å². The minimum Gasteiger partial charge on any atom is -0.355 e. The third kappa shape index (κ3) is 2.33. The molecule has 2 aliphatic rings. The fourth-order valence-electron chi connectivity index (χ4n) is 2.43. The van der Waals surface area contributed by atoms with Crippen molar-refractivity contribution in [1.29, 1.82) is 0 Å². The Balaban J connectivity index is 1.79. The summed E-state index contributed by atoms with van der Waals surface area (Å²) in [4.78, 5) is 11.9. The molecule has 86 valence electrons. The fraction of sp³-hybridized carbons (Fsp3) is 0.917. The highest BCUT2D eigenvalue weighted by molar-refractivity contribution is 5.82. The van der Waals surface area contributed by atoms with Crippen LogP contribution in [-0.2, 0) is 4.79 Å². The number of hydrogen-bond acceptors (Lipinski definition) is 2. The van der Waals surface area contributed by atoms with Crippen LogP contribution in [0.3, 0.4) is 0 Å². The third-order valence-electron chi connectivity index (χ3n) is 3.58. The molecule has 3 heteroatoms. The molecule has 2 atom stereocenters. The van der Waals surface area contributed by atoms with E-state index < -0.39 is 0 Å². The zero-order chi connectivity index (χ0) is 11.1. The highest BCUT2D eigenvalue weighted by Gasteiger charge is 2.58. The van der Waals surface area contributed by atoms with Crippen molar-refractivity contribution in [2.45, 2.75) is 33.6 Å². The summed E-state index contributed by atoms with van der Waals surface area (Å²) < 4.78 is 0. The van der Waals surface area contributed by atoms with Crippen LogP contribution in [0.4, 0.5) is 0 Å². The lowest BCUT2D eigenvalue weighted by Gasteiger charge is -2.19. The zero-order valence-electron chi connectivity index (χ0n) is 10.0. The van der Waals surface area contributed by atoms with Crippen LogP contribution in [-0.4, -0.2) is 25.5 Å². The molecule has 1 saturated carbocycles. The van der Waals surface area contributed by atoms with Crippen LogP contribution >= 0.6 is 0 Å². The third-order valence-corrected chi connectivity index (χ3v) is 3.58. The van der Waals surface area contributed by atoms with E-state index in [9.17, 15) is 4.79 Å². The first kappa shape index (κ1) is 10.9. The maximum absolute atomic E-state index is 11.9. The molecule has 3 nitrogen and oxygen atoms in total. The van der Waals surface area contributed by atoms with E-state index in [1.54, 1.807) is 0 Å². The predicted octanol–water partition coefficient (Wildman–Crippen LogP) is 1.15. The molecule has 0 bridgehead atoms. The van der Waals surface area contributed by atoms with Crippen molar-refractivity contribution in [2.75, 3.05) is 19.6 Å². The molecule has 2 rings (SSSR count). The average molecular weight is 210 g/mol. The molecule has 0 aromatic carbocycles. The lowest BCUT2D eigenvalue weighted by Crippen LogP contribution is -2.34. The number of rotatable bonds is 2. The topological polar surface area (TPSA) is 41.1 Å². The van der Waals surface area contributed by atoms with Crippen LogP contribution in [0.5, 0.6) is 0 Å². The van der Waals surface area contributed by atoms with E-state index in [1.807, 2.05) is 0 Å². The highest BCUT2D eigenvalue weighted by atomic mass is 16.2. The molecular formula is C12H22N2O. The van der Waals surface area contributed by atoms with Crippen LogP contribution < -0.4 is 10.6 Å². The minimum atomic E-state index is 0.186. The second kappa shape index (κ2) is 3.48. The van der Waals surface area contributed by atoms with Crippen LogP contribution in [0.1, 0.15) is 33.6 Å². The smallest absolute Gasteiger partial charge is 0.223 e. The molecule has 1 spiro atoms. The SMILES string of the molecule is CC(C)(C)CNC(=O)C1CC12CCNC2. The van der Waals surface area contributed by atoms with E-state index in [-0.39, 0.29) is 17.2 Å². The Morgan fingerprint density at radius 3 is 2.80 bits per heavy atom. The van der Waals surface area contributed by atoms with Gasteiger partial charge in [0, 0.05) is 19.0 Å². The molecule has 15 heavy (non-hydrogen) atoms. The van der Waals surface area contributed by atoms with Gasteiger partial charge in [-0.25, -0.2) is 0 Å². The summed E-state index contributed by atoms with van der Waals surface area (Å²) in [6.45, 7) is 9.35. The molecule has 0 radical (unpaired) electrons. The van der Waals surface area contributed by atoms with Gasteiger partial charge in [-0.1, -0.05) is 20.8 Å². The van der Waals surface area contributed by atoms with Gasteiger partial charge in [-0.2, -0.15) is 0 Å². The van der Waals surface area contributed by atoms with Gasteiger partial charge >= 0.3 is 0 Å². The molecule has 2 unspecified atom stereocenters. The van der Waals surface area contributed by atoms with Crippen LogP contribution in [0.15, 0.2) is 0 Å². The Morgan fingerprint density at radius 2 is 2.27 bits per heavy atom. The fourth-order valence-corrected chi connectivity index (χ4v) is 2.43. The van der Waals surface area contributed by atoms with Gasteiger partial charge < -0.3 is 10.6 Å².